The number of nitrogens with one attached hydrogen (secondary N) is 1. The second-order valence-corrected chi connectivity index (χ2v) is 9.70. The van der Waals surface area contributed by atoms with Crippen molar-refractivity contribution in [3.63, 3.8) is 0 Å². The van der Waals surface area contributed by atoms with Crippen molar-refractivity contribution in [2.45, 2.75) is 75.8 Å². The molecule has 1 aromatic rings. The summed E-state index contributed by atoms with van der Waals surface area (Å²) < 4.78 is 24.0. The highest BCUT2D eigenvalue weighted by Crippen LogP contribution is 2.34. The van der Waals surface area contributed by atoms with Crippen LogP contribution in [0.4, 0.5) is 0 Å². The Kier molecular flexibility index (Phi) is 7.15. The largest absolute Gasteiger partial charge is 0.506 e. The SMILES string of the molecule is CC(C)(C)c1cc(CNC2CCCCC2)c(O)c(S(C)(=O)=O)c1.Cl. The molecule has 0 unspecified atom stereocenters. The maximum atomic E-state index is 12.0. The Bertz CT molecular complexity index is 660. The van der Waals surface area contributed by atoms with Gasteiger partial charge in [-0.15, -0.1) is 12.4 Å². The molecule has 2 N–H and O–H groups in total. The van der Waals surface area contributed by atoms with E-state index in [0.717, 1.165) is 24.7 Å². The minimum Gasteiger partial charge on any atom is -0.506 e. The smallest absolute Gasteiger partial charge is 0.179 e. The Hall–Kier alpha value is -0.780. The summed E-state index contributed by atoms with van der Waals surface area (Å²) in [6.45, 7) is 6.64. The summed E-state index contributed by atoms with van der Waals surface area (Å²) in [6.07, 6.45) is 7.21. The summed E-state index contributed by atoms with van der Waals surface area (Å²) in [7, 11) is -3.46. The van der Waals surface area contributed by atoms with Crippen LogP contribution >= 0.6 is 12.4 Å². The van der Waals surface area contributed by atoms with Gasteiger partial charge in [0, 0.05) is 24.4 Å². The minimum atomic E-state index is -3.46. The number of rotatable bonds is 4. The number of aromatic hydroxyl groups is 1. The molecule has 0 aromatic heterocycles. The third-order valence-corrected chi connectivity index (χ3v) is 5.72. The molecule has 1 fully saturated rings. The molecule has 1 aliphatic carbocycles. The highest BCUT2D eigenvalue weighted by molar-refractivity contribution is 7.90. The van der Waals surface area contributed by atoms with E-state index in [1.165, 1.54) is 19.3 Å². The van der Waals surface area contributed by atoms with Gasteiger partial charge in [-0.3, -0.25) is 0 Å². The first-order valence-corrected chi connectivity index (χ1v) is 10.3. The lowest BCUT2D eigenvalue weighted by molar-refractivity contribution is 0.367. The molecular weight excluding hydrogens is 346 g/mol. The average molecular weight is 376 g/mol. The first kappa shape index (κ1) is 21.3. The summed E-state index contributed by atoms with van der Waals surface area (Å²) in [5.41, 5.74) is 1.42. The van der Waals surface area contributed by atoms with Gasteiger partial charge in [-0.05, 0) is 29.9 Å². The van der Waals surface area contributed by atoms with E-state index in [9.17, 15) is 13.5 Å². The van der Waals surface area contributed by atoms with E-state index in [1.807, 2.05) is 26.8 Å². The summed E-state index contributed by atoms with van der Waals surface area (Å²) >= 11 is 0. The lowest BCUT2D eigenvalue weighted by atomic mass is 9.86. The molecule has 0 atom stereocenters. The fraction of sp³-hybridized carbons (Fsp3) is 0.667. The van der Waals surface area contributed by atoms with Crippen molar-refractivity contribution in [1.29, 1.82) is 0 Å². The summed E-state index contributed by atoms with van der Waals surface area (Å²) in [6, 6.07) is 4.00. The fourth-order valence-corrected chi connectivity index (χ4v) is 3.90. The second-order valence-electron chi connectivity index (χ2n) is 7.72. The lowest BCUT2D eigenvalue weighted by Crippen LogP contribution is -2.30. The maximum absolute atomic E-state index is 12.0. The zero-order valence-corrected chi connectivity index (χ0v) is 16.7. The molecule has 0 bridgehead atoms. The number of phenols is 1. The Balaban J connectivity index is 0.00000288. The first-order valence-electron chi connectivity index (χ1n) is 8.39. The van der Waals surface area contributed by atoms with E-state index >= 15 is 0 Å². The van der Waals surface area contributed by atoms with Crippen LogP contribution in [0.5, 0.6) is 5.75 Å². The van der Waals surface area contributed by atoms with E-state index in [1.54, 1.807) is 6.07 Å². The molecule has 0 radical (unpaired) electrons. The molecule has 6 heteroatoms. The van der Waals surface area contributed by atoms with Crippen LogP contribution in [0.15, 0.2) is 17.0 Å². The van der Waals surface area contributed by atoms with E-state index in [-0.39, 0.29) is 28.5 Å². The van der Waals surface area contributed by atoms with Crippen molar-refractivity contribution in [2.24, 2.45) is 0 Å². The number of phenolic OH excluding ortho intramolecular Hbond substituents is 1. The molecule has 1 aliphatic rings. The molecule has 4 nitrogen and oxygen atoms in total. The van der Waals surface area contributed by atoms with E-state index in [0.29, 0.717) is 18.2 Å². The average Bonchev–Trinajstić information content (AvgIpc) is 2.44. The van der Waals surface area contributed by atoms with Gasteiger partial charge in [-0.25, -0.2) is 8.42 Å². The maximum Gasteiger partial charge on any atom is 0.179 e. The van der Waals surface area contributed by atoms with Crippen molar-refractivity contribution in [3.05, 3.63) is 23.3 Å². The molecule has 0 spiro atoms. The van der Waals surface area contributed by atoms with Crippen LogP contribution in [-0.4, -0.2) is 25.8 Å². The van der Waals surface area contributed by atoms with Gasteiger partial charge in [-0.2, -0.15) is 0 Å². The monoisotopic (exact) mass is 375 g/mol. The van der Waals surface area contributed by atoms with Gasteiger partial charge in [0.25, 0.3) is 0 Å². The van der Waals surface area contributed by atoms with Crippen LogP contribution in [0.3, 0.4) is 0 Å². The number of sulfone groups is 1. The van der Waals surface area contributed by atoms with Gasteiger partial charge in [0.1, 0.15) is 10.6 Å². The topological polar surface area (TPSA) is 66.4 Å². The van der Waals surface area contributed by atoms with E-state index in [2.05, 4.69) is 5.32 Å². The van der Waals surface area contributed by atoms with Crippen LogP contribution in [0.2, 0.25) is 0 Å². The summed E-state index contributed by atoms with van der Waals surface area (Å²) in [5, 5.41) is 13.9. The first-order chi connectivity index (χ1) is 10.6. The van der Waals surface area contributed by atoms with Gasteiger partial charge >= 0.3 is 0 Å². The van der Waals surface area contributed by atoms with Gasteiger partial charge in [0.15, 0.2) is 9.84 Å². The Morgan fingerprint density at radius 1 is 1.17 bits per heavy atom. The lowest BCUT2D eigenvalue weighted by Gasteiger charge is -2.25. The van der Waals surface area contributed by atoms with Crippen LogP contribution in [0, 0.1) is 0 Å². The van der Waals surface area contributed by atoms with Gasteiger partial charge in [0.2, 0.25) is 0 Å². The molecule has 138 valence electrons. The molecular formula is C18H30ClNO3S. The van der Waals surface area contributed by atoms with Crippen molar-refractivity contribution in [1.82, 2.24) is 5.32 Å². The molecule has 1 aromatic carbocycles. The van der Waals surface area contributed by atoms with Gasteiger partial charge in [0.05, 0.1) is 0 Å². The number of hydrogen-bond donors (Lipinski definition) is 2. The minimum absolute atomic E-state index is 0. The molecule has 0 heterocycles. The molecule has 0 aliphatic heterocycles. The third-order valence-electron chi connectivity index (χ3n) is 4.61. The Labute approximate surface area is 152 Å². The van der Waals surface area contributed by atoms with E-state index < -0.39 is 9.84 Å². The van der Waals surface area contributed by atoms with Crippen molar-refractivity contribution < 1.29 is 13.5 Å². The number of hydrogen-bond acceptors (Lipinski definition) is 4. The molecule has 1 saturated carbocycles. The van der Waals surface area contributed by atoms with E-state index in [4.69, 9.17) is 0 Å². The standard InChI is InChI=1S/C18H29NO3S.ClH/c1-18(2,3)14-10-13(12-19-15-8-6-5-7-9-15)17(20)16(11-14)23(4,21)22;/h10-11,15,19-20H,5-9,12H2,1-4H3;1H. The predicted molar refractivity (Wildman–Crippen MR) is 101 cm³/mol. The quantitative estimate of drug-likeness (QED) is 0.836. The highest BCUT2D eigenvalue weighted by Gasteiger charge is 2.23. The molecule has 24 heavy (non-hydrogen) atoms. The van der Waals surface area contributed by atoms with Crippen molar-refractivity contribution >= 4 is 22.2 Å². The number of halogens is 1. The second kappa shape index (κ2) is 8.07. The zero-order valence-electron chi connectivity index (χ0n) is 15.1. The predicted octanol–water partition coefficient (Wildman–Crippen LogP) is 3.94. The molecule has 2 rings (SSSR count). The zero-order chi connectivity index (χ0) is 17.3. The van der Waals surface area contributed by atoms with Crippen LogP contribution < -0.4 is 5.32 Å². The van der Waals surface area contributed by atoms with Gasteiger partial charge < -0.3 is 10.4 Å². The van der Waals surface area contributed by atoms with Crippen LogP contribution in [0.1, 0.15) is 64.0 Å². The Morgan fingerprint density at radius 3 is 2.25 bits per heavy atom. The number of benzene rings is 1. The van der Waals surface area contributed by atoms with Crippen LogP contribution in [0.25, 0.3) is 0 Å². The molecule has 0 amide bonds. The Morgan fingerprint density at radius 2 is 1.75 bits per heavy atom. The molecule has 0 saturated heterocycles. The normalized spacial score (nSPS) is 16.7. The summed E-state index contributed by atoms with van der Waals surface area (Å²) in [4.78, 5) is 0.0327. The summed E-state index contributed by atoms with van der Waals surface area (Å²) in [5.74, 6) is -0.108. The fourth-order valence-electron chi connectivity index (χ4n) is 3.08. The van der Waals surface area contributed by atoms with Crippen molar-refractivity contribution in [3.8, 4) is 5.75 Å². The highest BCUT2D eigenvalue weighted by atomic mass is 35.5. The van der Waals surface area contributed by atoms with Crippen molar-refractivity contribution in [2.75, 3.05) is 6.26 Å². The van der Waals surface area contributed by atoms with Gasteiger partial charge in [-0.1, -0.05) is 46.1 Å². The third kappa shape index (κ3) is 5.36. The van der Waals surface area contributed by atoms with Crippen LogP contribution in [-0.2, 0) is 21.8 Å².